The summed E-state index contributed by atoms with van der Waals surface area (Å²) < 4.78 is 9.70. The summed E-state index contributed by atoms with van der Waals surface area (Å²) in [5.41, 5.74) is 32.0. The third-order valence-corrected chi connectivity index (χ3v) is 27.8. The highest BCUT2D eigenvalue weighted by molar-refractivity contribution is 6.37. The third-order valence-electron chi connectivity index (χ3n) is 27.8. The van der Waals surface area contributed by atoms with Gasteiger partial charge in [-0.3, -0.25) is 39.0 Å². The van der Waals surface area contributed by atoms with Gasteiger partial charge < -0.3 is 9.13 Å². The Bertz CT molecular complexity index is 8420. The van der Waals surface area contributed by atoms with Crippen LogP contribution in [0.2, 0.25) is 0 Å². The van der Waals surface area contributed by atoms with E-state index in [0.717, 1.165) is 168 Å². The molecule has 0 aliphatic rings. The lowest BCUT2D eigenvalue weighted by molar-refractivity contribution is 1.05. The number of hydrogen-bond acceptors (Lipinski definition) is 8. The Labute approximate surface area is 805 Å². The first-order chi connectivity index (χ1) is 69.5. The van der Waals surface area contributed by atoms with Gasteiger partial charge in [-0.2, -0.15) is 0 Å². The first-order valence-electron chi connectivity index (χ1n) is 47.2. The monoisotopic (exact) mass is 1780 g/mol. The molecule has 12 aromatic heterocycles. The molecule has 0 unspecified atom stereocenters. The van der Waals surface area contributed by atoms with Crippen LogP contribution in [0.5, 0.6) is 0 Å². The van der Waals surface area contributed by atoms with E-state index in [2.05, 4.69) is 414 Å². The van der Waals surface area contributed by atoms with Crippen molar-refractivity contribution < 1.29 is 0 Å². The van der Waals surface area contributed by atoms with Crippen LogP contribution in [-0.2, 0) is 0 Å². The minimum absolute atomic E-state index is 0.825. The molecule has 0 aliphatic heterocycles. The molecule has 0 saturated carbocycles. The second kappa shape index (κ2) is 33.5. The van der Waals surface area contributed by atoms with Crippen LogP contribution < -0.4 is 0 Å². The second-order valence-corrected chi connectivity index (χ2v) is 35.6. The summed E-state index contributed by atoms with van der Waals surface area (Å²) >= 11 is 0. The van der Waals surface area contributed by atoms with Gasteiger partial charge >= 0.3 is 0 Å². The number of rotatable bonds is 16. The summed E-state index contributed by atoms with van der Waals surface area (Å²) in [7, 11) is 0. The van der Waals surface area contributed by atoms with Crippen LogP contribution in [0.25, 0.3) is 266 Å². The number of benzene rings is 16. The summed E-state index contributed by atoms with van der Waals surface area (Å²) in [6.07, 6.45) is 19.0. The summed E-state index contributed by atoms with van der Waals surface area (Å²) in [6.45, 7) is 0. The largest absolute Gasteiger partial charge is 0.306 e. The Balaban J connectivity index is 0.000000141. The minimum atomic E-state index is 0.825. The first-order valence-corrected chi connectivity index (χ1v) is 47.2. The van der Waals surface area contributed by atoms with E-state index in [1.165, 1.54) is 97.7 Å². The molecule has 0 N–H and O–H groups in total. The van der Waals surface area contributed by atoms with Crippen molar-refractivity contribution in [3.8, 4) is 158 Å². The molecule has 12 heterocycles. The zero-order valence-electron chi connectivity index (χ0n) is 75.6. The van der Waals surface area contributed by atoms with E-state index in [0.29, 0.717) is 0 Å². The number of fused-ring (bicyclic) bond motifs is 8. The van der Waals surface area contributed by atoms with Gasteiger partial charge in [0.15, 0.2) is 0 Å². The van der Waals surface area contributed by atoms with Crippen molar-refractivity contribution in [2.45, 2.75) is 0 Å². The van der Waals surface area contributed by atoms with Gasteiger partial charge in [0.05, 0.1) is 91.4 Å². The minimum Gasteiger partial charge on any atom is -0.306 e. The van der Waals surface area contributed by atoms with Crippen LogP contribution in [0.15, 0.2) is 487 Å². The Morgan fingerprint density at radius 1 is 0.157 bits per heavy atom. The molecule has 0 saturated heterocycles. The van der Waals surface area contributed by atoms with Gasteiger partial charge in [-0.1, -0.05) is 315 Å². The topological polar surface area (TPSA) is 123 Å². The van der Waals surface area contributed by atoms with E-state index in [-0.39, 0.29) is 0 Å². The highest BCUT2D eigenvalue weighted by Crippen LogP contribution is 2.56. The molecule has 12 nitrogen and oxygen atoms in total. The summed E-state index contributed by atoms with van der Waals surface area (Å²) in [5.74, 6) is 1.68. The van der Waals surface area contributed by atoms with Crippen molar-refractivity contribution in [1.82, 2.24) is 58.1 Å². The molecule has 28 aromatic rings. The lowest BCUT2D eigenvalue weighted by atomic mass is 9.89. The van der Waals surface area contributed by atoms with E-state index in [1.807, 2.05) is 98.1 Å². The first kappa shape index (κ1) is 80.6. The van der Waals surface area contributed by atoms with E-state index in [1.54, 1.807) is 12.4 Å². The maximum Gasteiger partial charge on any atom is 0.137 e. The van der Waals surface area contributed by atoms with Crippen LogP contribution in [0.4, 0.5) is 0 Å². The normalized spacial score (nSPS) is 11.7. The molecule has 0 fully saturated rings. The molecule has 0 atom stereocenters. The van der Waals surface area contributed by atoms with E-state index >= 15 is 0 Å². The zero-order chi connectivity index (χ0) is 92.2. The van der Waals surface area contributed by atoms with Crippen LogP contribution in [0.1, 0.15) is 0 Å². The van der Waals surface area contributed by atoms with Gasteiger partial charge in [0, 0.05) is 137 Å². The molecule has 0 radical (unpaired) electrons. The highest BCUT2D eigenvalue weighted by Gasteiger charge is 2.33. The number of nitrogens with zero attached hydrogens (tertiary/aromatic N) is 12. The molecule has 0 amide bonds. The molecular formula is C128H80N12. The van der Waals surface area contributed by atoms with Gasteiger partial charge in [0.2, 0.25) is 0 Å². The van der Waals surface area contributed by atoms with Crippen molar-refractivity contribution in [1.29, 1.82) is 0 Å². The standard InChI is InChI=1S/2C64H40N6/c1-5-17-41(18-6-1)59-51-37-45-27-32-50-58-46(28-31-49(57(45)58)63(51)69(61(59)43-21-9-3-10-22-43)47-29-33-55(67-39-47)53-25-13-15-35-65-53)38-52-60(42-19-7-2-8-20-42)62(44-23-11-4-12-24-44)70(64(50)52)48-30-34-56(68-40-48)54-26-14-16-36-66-54;1-5-15-41(16-6-1)59-53-35-45-25-30-52-58-46(26-29-51(57(45)58)63(53)69(61(59)43-19-9-3-10-20-43)55-31-27-49(39-67-55)47-23-13-33-65-37-47)36-54-60(42-17-7-2-8-18-42)62(44-21-11-4-12-22-44)70(64(52)54)56-32-28-50(40-68-56)48-24-14-34-66-38-48/h2*1-40H. The van der Waals surface area contributed by atoms with Crippen LogP contribution in [0, 0.1) is 0 Å². The lowest BCUT2D eigenvalue weighted by Crippen LogP contribution is -2.02. The fourth-order valence-electron chi connectivity index (χ4n) is 21.8. The fraction of sp³-hybridized carbons (Fsp3) is 0. The van der Waals surface area contributed by atoms with Gasteiger partial charge in [-0.25, -0.2) is 9.97 Å². The maximum atomic E-state index is 5.28. The molecule has 0 aliphatic carbocycles. The summed E-state index contributed by atoms with van der Waals surface area (Å²) in [6, 6.07) is 152. The summed E-state index contributed by atoms with van der Waals surface area (Å²) in [5, 5.41) is 18.9. The molecule has 652 valence electrons. The van der Waals surface area contributed by atoms with E-state index in [9.17, 15) is 0 Å². The Kier molecular flexibility index (Phi) is 19.3. The quantitative estimate of drug-likeness (QED) is 0.0877. The van der Waals surface area contributed by atoms with Crippen molar-refractivity contribution in [2.24, 2.45) is 0 Å². The average molecular weight is 1790 g/mol. The molecule has 28 rings (SSSR count). The van der Waals surface area contributed by atoms with Gasteiger partial charge in [-0.15, -0.1) is 0 Å². The fourth-order valence-corrected chi connectivity index (χ4v) is 21.8. The molecule has 0 spiro atoms. The number of aromatic nitrogens is 12. The molecule has 0 bridgehead atoms. The van der Waals surface area contributed by atoms with Crippen LogP contribution in [0.3, 0.4) is 0 Å². The van der Waals surface area contributed by atoms with E-state index < -0.39 is 0 Å². The van der Waals surface area contributed by atoms with Gasteiger partial charge in [0.25, 0.3) is 0 Å². The SMILES string of the molecule is c1ccc(-c2c(-c3ccccc3)n(-c3ccc(-c4ccccn4)nc3)c3c2cc2ccc4c5c(ccc3c25)cc2c(-c3ccccc3)c(-c3ccccc3)n(-c3ccc(-c5ccccn5)nc3)c24)cc1.c1ccc(-c2c(-c3ccccc3)n(-c3ccc(-c4cccnc4)cn3)c3c2cc2ccc4c5c(ccc3c25)cc2c(-c3ccccc3)c(-c3ccccc3)n(-c3ccc(-c5cccnc5)cn3)c24)cc1. The molecular weight excluding hydrogens is 1710 g/mol. The van der Waals surface area contributed by atoms with Crippen molar-refractivity contribution in [2.75, 3.05) is 0 Å². The van der Waals surface area contributed by atoms with Crippen LogP contribution in [-0.4, -0.2) is 58.1 Å². The second-order valence-electron chi connectivity index (χ2n) is 35.6. The highest BCUT2D eigenvalue weighted by atomic mass is 15.1. The number of pyridine rings is 8. The van der Waals surface area contributed by atoms with E-state index in [4.69, 9.17) is 19.9 Å². The van der Waals surface area contributed by atoms with Gasteiger partial charge in [0.1, 0.15) is 11.6 Å². The average Bonchev–Trinajstić information content (AvgIpc) is 1.52. The predicted octanol–water partition coefficient (Wildman–Crippen LogP) is 32.1. The maximum absolute atomic E-state index is 5.28. The smallest absolute Gasteiger partial charge is 0.137 e. The molecule has 16 aromatic carbocycles. The molecule has 12 heteroatoms. The predicted molar refractivity (Wildman–Crippen MR) is 575 cm³/mol. The summed E-state index contributed by atoms with van der Waals surface area (Å²) in [4.78, 5) is 38.8. The zero-order valence-corrected chi connectivity index (χ0v) is 75.6. The lowest BCUT2D eigenvalue weighted by Gasteiger charge is -2.17. The van der Waals surface area contributed by atoms with Crippen LogP contribution >= 0.6 is 0 Å². The number of hydrogen-bond donors (Lipinski definition) is 0. The van der Waals surface area contributed by atoms with Crippen molar-refractivity contribution >= 4 is 108 Å². The third kappa shape index (κ3) is 13.3. The van der Waals surface area contributed by atoms with Crippen molar-refractivity contribution in [3.05, 3.63) is 487 Å². The molecule has 140 heavy (non-hydrogen) atoms. The Hall–Kier alpha value is -19.0. The Morgan fingerprint density at radius 3 is 0.679 bits per heavy atom. The Morgan fingerprint density at radius 2 is 0.421 bits per heavy atom. The van der Waals surface area contributed by atoms with Crippen molar-refractivity contribution in [3.63, 3.8) is 0 Å². The van der Waals surface area contributed by atoms with Gasteiger partial charge in [-0.05, 0) is 197 Å².